The van der Waals surface area contributed by atoms with Crippen LogP contribution in [0.3, 0.4) is 0 Å². The predicted molar refractivity (Wildman–Crippen MR) is 105 cm³/mol. The highest BCUT2D eigenvalue weighted by atomic mass is 32.1. The van der Waals surface area contributed by atoms with Gasteiger partial charge in [-0.25, -0.2) is 4.98 Å². The summed E-state index contributed by atoms with van der Waals surface area (Å²) in [6, 6.07) is 6.58. The zero-order chi connectivity index (χ0) is 17.4. The number of hydrogen-bond acceptors (Lipinski definition) is 4. The molecule has 0 saturated heterocycles. The average Bonchev–Trinajstić information content (AvgIpc) is 3.15. The van der Waals surface area contributed by atoms with Crippen LogP contribution in [-0.4, -0.2) is 39.8 Å². The molecule has 0 bridgehead atoms. The lowest BCUT2D eigenvalue weighted by molar-refractivity contribution is 0.181. The number of nitrogens with zero attached hydrogens (tertiary/aromatic N) is 4. The van der Waals surface area contributed by atoms with Crippen LogP contribution in [0.4, 0.5) is 0 Å². The summed E-state index contributed by atoms with van der Waals surface area (Å²) in [5, 5.41) is 5.60. The van der Waals surface area contributed by atoms with E-state index < -0.39 is 0 Å². The molecule has 1 saturated carbocycles. The summed E-state index contributed by atoms with van der Waals surface area (Å²) in [7, 11) is 4.20. The number of benzene rings is 1. The van der Waals surface area contributed by atoms with E-state index >= 15 is 0 Å². The van der Waals surface area contributed by atoms with E-state index in [-0.39, 0.29) is 0 Å². The minimum atomic E-state index is 0.666. The molecule has 5 heteroatoms. The van der Waals surface area contributed by atoms with E-state index in [1.54, 1.807) is 0 Å². The highest BCUT2D eigenvalue weighted by Crippen LogP contribution is 2.44. The van der Waals surface area contributed by atoms with Gasteiger partial charge in [-0.3, -0.25) is 4.68 Å². The highest BCUT2D eigenvalue weighted by molar-refractivity contribution is 7.18. The standard InChI is InChI=1S/C20H26N4S/c1-4-7-23(2)12-14-8-16(9-14)20-22-18-6-5-15(10-19(18)25-20)17-11-21-24(3)13-17/h5-6,10-11,13-14,16H,4,7-9,12H2,1-3H3/t14-,16-. The van der Waals surface area contributed by atoms with Crippen LogP contribution in [0.15, 0.2) is 30.6 Å². The van der Waals surface area contributed by atoms with Crippen molar-refractivity contribution in [1.82, 2.24) is 19.7 Å². The maximum Gasteiger partial charge on any atom is 0.0969 e. The molecule has 0 aliphatic heterocycles. The molecule has 0 radical (unpaired) electrons. The molecule has 1 aliphatic rings. The van der Waals surface area contributed by atoms with Gasteiger partial charge >= 0.3 is 0 Å². The predicted octanol–water partition coefficient (Wildman–Crippen LogP) is 4.53. The molecule has 3 aromatic rings. The molecular formula is C20H26N4S. The van der Waals surface area contributed by atoms with Crippen LogP contribution in [0, 0.1) is 5.92 Å². The molecule has 132 valence electrons. The Morgan fingerprint density at radius 2 is 2.12 bits per heavy atom. The molecule has 0 atom stereocenters. The van der Waals surface area contributed by atoms with E-state index in [1.165, 1.54) is 53.2 Å². The topological polar surface area (TPSA) is 34.0 Å². The summed E-state index contributed by atoms with van der Waals surface area (Å²) in [6.07, 6.45) is 7.81. The Morgan fingerprint density at radius 1 is 1.28 bits per heavy atom. The first-order valence-corrected chi connectivity index (χ1v) is 10.0. The van der Waals surface area contributed by atoms with Gasteiger partial charge in [0.25, 0.3) is 0 Å². The summed E-state index contributed by atoms with van der Waals surface area (Å²) in [6.45, 7) is 4.70. The molecular weight excluding hydrogens is 328 g/mol. The fraction of sp³-hybridized carbons (Fsp3) is 0.500. The van der Waals surface area contributed by atoms with Crippen molar-refractivity contribution >= 4 is 21.6 Å². The third-order valence-electron chi connectivity index (χ3n) is 5.20. The number of hydrogen-bond donors (Lipinski definition) is 0. The number of aryl methyl sites for hydroxylation is 1. The quantitative estimate of drug-likeness (QED) is 0.652. The summed E-state index contributed by atoms with van der Waals surface area (Å²) >= 11 is 1.88. The lowest BCUT2D eigenvalue weighted by Gasteiger charge is -2.36. The second-order valence-corrected chi connectivity index (χ2v) is 8.50. The van der Waals surface area contributed by atoms with Crippen LogP contribution in [0.1, 0.15) is 37.1 Å². The molecule has 25 heavy (non-hydrogen) atoms. The minimum absolute atomic E-state index is 0.666. The van der Waals surface area contributed by atoms with E-state index in [2.05, 4.69) is 48.4 Å². The van der Waals surface area contributed by atoms with E-state index in [9.17, 15) is 0 Å². The molecule has 4 rings (SSSR count). The smallest absolute Gasteiger partial charge is 0.0969 e. The van der Waals surface area contributed by atoms with Crippen molar-refractivity contribution in [2.24, 2.45) is 13.0 Å². The van der Waals surface area contributed by atoms with Crippen molar-refractivity contribution in [2.45, 2.75) is 32.1 Å². The molecule has 1 fully saturated rings. The number of rotatable bonds is 6. The van der Waals surface area contributed by atoms with Crippen molar-refractivity contribution in [3.05, 3.63) is 35.6 Å². The van der Waals surface area contributed by atoms with Crippen molar-refractivity contribution < 1.29 is 0 Å². The van der Waals surface area contributed by atoms with Gasteiger partial charge in [0.2, 0.25) is 0 Å². The van der Waals surface area contributed by atoms with E-state index in [4.69, 9.17) is 4.98 Å². The Bertz CT molecular complexity index is 860. The Hall–Kier alpha value is -1.72. The van der Waals surface area contributed by atoms with Gasteiger partial charge in [-0.1, -0.05) is 13.0 Å². The van der Waals surface area contributed by atoms with Gasteiger partial charge in [0, 0.05) is 31.3 Å². The Morgan fingerprint density at radius 3 is 2.84 bits per heavy atom. The number of fused-ring (bicyclic) bond motifs is 1. The number of thiazole rings is 1. The van der Waals surface area contributed by atoms with Crippen LogP contribution in [-0.2, 0) is 7.05 Å². The van der Waals surface area contributed by atoms with E-state index in [0.717, 1.165) is 11.4 Å². The van der Waals surface area contributed by atoms with Gasteiger partial charge in [-0.15, -0.1) is 11.3 Å². The van der Waals surface area contributed by atoms with Crippen molar-refractivity contribution in [3.63, 3.8) is 0 Å². The molecule has 4 nitrogen and oxygen atoms in total. The zero-order valence-corrected chi connectivity index (χ0v) is 16.1. The largest absolute Gasteiger partial charge is 0.306 e. The lowest BCUT2D eigenvalue weighted by atomic mass is 9.75. The molecule has 2 heterocycles. The number of aromatic nitrogens is 3. The first-order chi connectivity index (χ1) is 12.1. The van der Waals surface area contributed by atoms with Gasteiger partial charge in [0.1, 0.15) is 0 Å². The van der Waals surface area contributed by atoms with E-state index in [0.29, 0.717) is 5.92 Å². The maximum absolute atomic E-state index is 4.91. The van der Waals surface area contributed by atoms with Crippen LogP contribution in [0.2, 0.25) is 0 Å². The summed E-state index contributed by atoms with van der Waals surface area (Å²) in [5.74, 6) is 1.51. The summed E-state index contributed by atoms with van der Waals surface area (Å²) in [5.41, 5.74) is 3.53. The van der Waals surface area contributed by atoms with Gasteiger partial charge in [-0.2, -0.15) is 5.10 Å². The molecule has 1 aliphatic carbocycles. The fourth-order valence-corrected chi connectivity index (χ4v) is 5.00. The van der Waals surface area contributed by atoms with E-state index in [1.807, 2.05) is 29.3 Å². The molecule has 0 amide bonds. The Balaban J connectivity index is 1.45. The monoisotopic (exact) mass is 354 g/mol. The summed E-state index contributed by atoms with van der Waals surface area (Å²) in [4.78, 5) is 7.38. The SMILES string of the molecule is CCCN(C)C[C@H]1C[C@H](c2nc3ccc(-c4cnn(C)c4)cc3s2)C1. The molecule has 2 aromatic heterocycles. The minimum Gasteiger partial charge on any atom is -0.306 e. The van der Waals surface area contributed by atoms with Gasteiger partial charge in [0.05, 0.1) is 21.4 Å². The Kier molecular flexibility index (Phi) is 4.61. The first kappa shape index (κ1) is 16.7. The van der Waals surface area contributed by atoms with Gasteiger partial charge < -0.3 is 4.90 Å². The molecule has 0 N–H and O–H groups in total. The lowest BCUT2D eigenvalue weighted by Crippen LogP contribution is -2.33. The first-order valence-electron chi connectivity index (χ1n) is 9.20. The third-order valence-corrected chi connectivity index (χ3v) is 6.38. The third kappa shape index (κ3) is 3.48. The van der Waals surface area contributed by atoms with Gasteiger partial charge in [-0.05, 0) is 56.5 Å². The van der Waals surface area contributed by atoms with Gasteiger partial charge in [0.15, 0.2) is 0 Å². The maximum atomic E-state index is 4.91. The van der Waals surface area contributed by atoms with Crippen LogP contribution >= 0.6 is 11.3 Å². The van der Waals surface area contributed by atoms with Crippen molar-refractivity contribution in [2.75, 3.05) is 20.1 Å². The average molecular weight is 355 g/mol. The van der Waals surface area contributed by atoms with Crippen LogP contribution in [0.25, 0.3) is 21.3 Å². The second kappa shape index (κ2) is 6.89. The molecule has 1 aromatic carbocycles. The highest BCUT2D eigenvalue weighted by Gasteiger charge is 2.33. The van der Waals surface area contributed by atoms with Crippen LogP contribution in [0.5, 0.6) is 0 Å². The Labute approximate surface area is 153 Å². The zero-order valence-electron chi connectivity index (χ0n) is 15.3. The van der Waals surface area contributed by atoms with Crippen molar-refractivity contribution in [1.29, 1.82) is 0 Å². The molecule has 0 unspecified atom stereocenters. The summed E-state index contributed by atoms with van der Waals surface area (Å²) < 4.78 is 3.14. The van der Waals surface area contributed by atoms with Crippen molar-refractivity contribution in [3.8, 4) is 11.1 Å². The second-order valence-electron chi connectivity index (χ2n) is 7.43. The van der Waals surface area contributed by atoms with Crippen LogP contribution < -0.4 is 0 Å². The normalized spacial score (nSPS) is 20.3. The fourth-order valence-electron chi connectivity index (χ4n) is 3.87. The molecule has 0 spiro atoms.